The van der Waals surface area contributed by atoms with E-state index in [2.05, 4.69) is 79.8 Å². The summed E-state index contributed by atoms with van der Waals surface area (Å²) in [5.41, 5.74) is 4.95. The molecule has 0 atom stereocenters. The first-order valence-corrected chi connectivity index (χ1v) is 8.29. The van der Waals surface area contributed by atoms with E-state index in [1.807, 2.05) is 11.3 Å². The van der Waals surface area contributed by atoms with Gasteiger partial charge in [0, 0.05) is 31.5 Å². The third-order valence-electron chi connectivity index (χ3n) is 4.14. The maximum Gasteiger partial charge on any atom is 0.0478 e. The number of thiophene rings is 1. The average Bonchev–Trinajstić information content (AvgIpc) is 2.90. The smallest absolute Gasteiger partial charge is 0.0478 e. The van der Waals surface area contributed by atoms with Crippen molar-refractivity contribution in [2.75, 3.05) is 5.32 Å². The number of benzene rings is 3. The SMILES string of the molecule is Cc1cccc(C)c1Nc1cccc2sc3ccccc3c12. The van der Waals surface area contributed by atoms with Gasteiger partial charge in [0.05, 0.1) is 0 Å². The van der Waals surface area contributed by atoms with Crippen molar-refractivity contribution in [2.45, 2.75) is 13.8 Å². The van der Waals surface area contributed by atoms with Crippen LogP contribution in [0.15, 0.2) is 60.7 Å². The quantitative estimate of drug-likeness (QED) is 0.451. The van der Waals surface area contributed by atoms with Gasteiger partial charge in [0.15, 0.2) is 0 Å². The molecule has 0 spiro atoms. The van der Waals surface area contributed by atoms with Gasteiger partial charge in [0.2, 0.25) is 0 Å². The summed E-state index contributed by atoms with van der Waals surface area (Å²) in [6, 6.07) is 21.6. The highest BCUT2D eigenvalue weighted by atomic mass is 32.1. The lowest BCUT2D eigenvalue weighted by Crippen LogP contribution is -1.96. The van der Waals surface area contributed by atoms with E-state index < -0.39 is 0 Å². The Bertz CT molecular complexity index is 961. The summed E-state index contributed by atoms with van der Waals surface area (Å²) < 4.78 is 2.67. The molecule has 0 amide bonds. The fourth-order valence-electron chi connectivity index (χ4n) is 3.03. The minimum atomic E-state index is 1.19. The van der Waals surface area contributed by atoms with E-state index in [9.17, 15) is 0 Å². The molecule has 1 heterocycles. The molecule has 2 heteroatoms. The lowest BCUT2D eigenvalue weighted by atomic mass is 10.1. The Morgan fingerprint density at radius 2 is 1.41 bits per heavy atom. The van der Waals surface area contributed by atoms with Gasteiger partial charge >= 0.3 is 0 Å². The van der Waals surface area contributed by atoms with Crippen LogP contribution in [0.4, 0.5) is 11.4 Å². The molecule has 3 aromatic carbocycles. The number of rotatable bonds is 2. The number of aryl methyl sites for hydroxylation is 2. The van der Waals surface area contributed by atoms with Gasteiger partial charge in [-0.3, -0.25) is 0 Å². The molecular weight excluding hydrogens is 286 g/mol. The van der Waals surface area contributed by atoms with Crippen molar-refractivity contribution in [3.63, 3.8) is 0 Å². The summed E-state index contributed by atoms with van der Waals surface area (Å²) in [7, 11) is 0. The lowest BCUT2D eigenvalue weighted by Gasteiger charge is -2.13. The molecule has 0 saturated carbocycles. The minimum Gasteiger partial charge on any atom is -0.355 e. The van der Waals surface area contributed by atoms with Gasteiger partial charge in [-0.15, -0.1) is 11.3 Å². The van der Waals surface area contributed by atoms with Crippen LogP contribution in [0.3, 0.4) is 0 Å². The summed E-state index contributed by atoms with van der Waals surface area (Å²) in [6.45, 7) is 4.31. The van der Waals surface area contributed by atoms with Crippen molar-refractivity contribution in [1.29, 1.82) is 0 Å². The summed E-state index contributed by atoms with van der Waals surface area (Å²) in [5, 5.41) is 6.32. The van der Waals surface area contributed by atoms with E-state index in [1.165, 1.54) is 42.7 Å². The van der Waals surface area contributed by atoms with E-state index in [0.717, 1.165) is 0 Å². The van der Waals surface area contributed by atoms with Gasteiger partial charge in [0.1, 0.15) is 0 Å². The number of fused-ring (bicyclic) bond motifs is 3. The second-order valence-electron chi connectivity index (χ2n) is 5.67. The molecular formula is C20H17NS. The molecule has 4 rings (SSSR count). The molecule has 0 aliphatic rings. The molecule has 0 aliphatic carbocycles. The topological polar surface area (TPSA) is 12.0 Å². The Morgan fingerprint density at radius 1 is 0.727 bits per heavy atom. The first-order chi connectivity index (χ1) is 10.7. The van der Waals surface area contributed by atoms with Crippen LogP contribution >= 0.6 is 11.3 Å². The molecule has 0 radical (unpaired) electrons. The second-order valence-corrected chi connectivity index (χ2v) is 6.75. The van der Waals surface area contributed by atoms with Crippen LogP contribution in [0.1, 0.15) is 11.1 Å². The molecule has 108 valence electrons. The molecule has 0 saturated heterocycles. The Morgan fingerprint density at radius 3 is 2.23 bits per heavy atom. The fraction of sp³-hybridized carbons (Fsp3) is 0.100. The van der Waals surface area contributed by atoms with E-state index in [4.69, 9.17) is 0 Å². The standard InChI is InChI=1S/C20H17NS/c1-13-7-5-8-14(2)20(13)21-16-10-6-12-18-19(16)15-9-3-4-11-17(15)22-18/h3-12,21H,1-2H3. The number of anilines is 2. The lowest BCUT2D eigenvalue weighted by molar-refractivity contribution is 1.36. The second kappa shape index (κ2) is 5.15. The number of hydrogen-bond donors (Lipinski definition) is 1. The normalized spacial score (nSPS) is 11.2. The van der Waals surface area contributed by atoms with Crippen LogP contribution in [0.25, 0.3) is 20.2 Å². The first kappa shape index (κ1) is 13.4. The largest absolute Gasteiger partial charge is 0.355 e. The van der Waals surface area contributed by atoms with Gasteiger partial charge < -0.3 is 5.32 Å². The zero-order valence-electron chi connectivity index (χ0n) is 12.7. The van der Waals surface area contributed by atoms with Crippen molar-refractivity contribution in [1.82, 2.24) is 0 Å². The zero-order valence-corrected chi connectivity index (χ0v) is 13.5. The first-order valence-electron chi connectivity index (χ1n) is 7.47. The van der Waals surface area contributed by atoms with Crippen molar-refractivity contribution in [3.8, 4) is 0 Å². The van der Waals surface area contributed by atoms with Gasteiger partial charge in [-0.05, 0) is 43.2 Å². The molecule has 0 bridgehead atoms. The maximum absolute atomic E-state index is 3.67. The van der Waals surface area contributed by atoms with E-state index in [0.29, 0.717) is 0 Å². The highest BCUT2D eigenvalue weighted by Gasteiger charge is 2.10. The highest BCUT2D eigenvalue weighted by molar-refractivity contribution is 7.25. The Balaban J connectivity index is 1.95. The van der Waals surface area contributed by atoms with Crippen molar-refractivity contribution in [3.05, 3.63) is 71.8 Å². The number of hydrogen-bond acceptors (Lipinski definition) is 2. The summed E-state index contributed by atoms with van der Waals surface area (Å²) in [5.74, 6) is 0. The molecule has 0 aliphatic heterocycles. The Hall–Kier alpha value is -2.32. The third-order valence-corrected chi connectivity index (χ3v) is 5.28. The minimum absolute atomic E-state index is 1.19. The Labute approximate surface area is 134 Å². The zero-order chi connectivity index (χ0) is 15.1. The predicted octanol–water partition coefficient (Wildman–Crippen LogP) is 6.41. The van der Waals surface area contributed by atoms with Crippen LogP contribution in [0.2, 0.25) is 0 Å². The maximum atomic E-state index is 3.67. The van der Waals surface area contributed by atoms with Gasteiger partial charge in [-0.1, -0.05) is 42.5 Å². The molecule has 0 unspecified atom stereocenters. The van der Waals surface area contributed by atoms with Crippen molar-refractivity contribution >= 4 is 42.9 Å². The van der Waals surface area contributed by atoms with Gasteiger partial charge in [-0.2, -0.15) is 0 Å². The van der Waals surface area contributed by atoms with Crippen LogP contribution in [0, 0.1) is 13.8 Å². The molecule has 22 heavy (non-hydrogen) atoms. The number of nitrogens with one attached hydrogen (secondary N) is 1. The molecule has 1 nitrogen and oxygen atoms in total. The van der Waals surface area contributed by atoms with Crippen LogP contribution < -0.4 is 5.32 Å². The molecule has 1 aromatic heterocycles. The summed E-state index contributed by atoms with van der Waals surface area (Å²) in [4.78, 5) is 0. The average molecular weight is 303 g/mol. The highest BCUT2D eigenvalue weighted by Crippen LogP contribution is 2.39. The molecule has 0 fully saturated rings. The summed E-state index contributed by atoms with van der Waals surface area (Å²) in [6.07, 6.45) is 0. The van der Waals surface area contributed by atoms with Crippen LogP contribution in [-0.2, 0) is 0 Å². The number of para-hydroxylation sites is 1. The van der Waals surface area contributed by atoms with Crippen LogP contribution in [0.5, 0.6) is 0 Å². The van der Waals surface area contributed by atoms with Gasteiger partial charge in [-0.25, -0.2) is 0 Å². The van der Waals surface area contributed by atoms with Crippen molar-refractivity contribution < 1.29 is 0 Å². The third kappa shape index (κ3) is 2.08. The molecule has 4 aromatic rings. The van der Waals surface area contributed by atoms with Crippen molar-refractivity contribution in [2.24, 2.45) is 0 Å². The Kier molecular flexibility index (Phi) is 3.12. The van der Waals surface area contributed by atoms with Crippen LogP contribution in [-0.4, -0.2) is 0 Å². The van der Waals surface area contributed by atoms with E-state index in [1.54, 1.807) is 0 Å². The summed E-state index contributed by atoms with van der Waals surface area (Å²) >= 11 is 1.85. The predicted molar refractivity (Wildman–Crippen MR) is 98.5 cm³/mol. The fourth-order valence-corrected chi connectivity index (χ4v) is 4.16. The van der Waals surface area contributed by atoms with Gasteiger partial charge in [0.25, 0.3) is 0 Å². The van der Waals surface area contributed by atoms with E-state index in [-0.39, 0.29) is 0 Å². The van der Waals surface area contributed by atoms with E-state index >= 15 is 0 Å². The molecule has 1 N–H and O–H groups in total. The monoisotopic (exact) mass is 303 g/mol.